The number of nitrogens with one attached hydrogen (secondary N) is 2. The van der Waals surface area contributed by atoms with Gasteiger partial charge >= 0.3 is 5.82 Å². The average Bonchev–Trinajstić information content (AvgIpc) is 2.53. The van der Waals surface area contributed by atoms with Gasteiger partial charge in [-0.05, 0) is 9.91 Å². The molecule has 0 aliphatic carbocycles. The highest BCUT2D eigenvalue weighted by Crippen LogP contribution is 2.20. The smallest absolute Gasteiger partial charge is 0.363 e. The molecule has 0 radical (unpaired) electrons. The van der Waals surface area contributed by atoms with Crippen molar-refractivity contribution in [2.75, 3.05) is 24.7 Å². The SMILES string of the molecule is Cn1cnc([N+](=O)[O-])c1NCCNS(C)(=O)=O. The summed E-state index contributed by atoms with van der Waals surface area (Å²) in [5.41, 5.74) is 0. The molecule has 2 N–H and O–H groups in total. The number of nitrogens with zero attached hydrogens (tertiary/aromatic N) is 3. The zero-order chi connectivity index (χ0) is 13.1. The molecule has 0 aliphatic heterocycles. The number of anilines is 1. The minimum Gasteiger partial charge on any atom is -0.363 e. The van der Waals surface area contributed by atoms with Crippen LogP contribution in [0, 0.1) is 10.1 Å². The van der Waals surface area contributed by atoms with Gasteiger partial charge in [-0.3, -0.25) is 4.57 Å². The molecule has 9 nitrogen and oxygen atoms in total. The first kappa shape index (κ1) is 13.4. The molecule has 0 atom stereocenters. The number of hydrogen-bond donors (Lipinski definition) is 2. The van der Waals surface area contributed by atoms with Gasteiger partial charge in [-0.2, -0.15) is 0 Å². The Labute approximate surface area is 98.0 Å². The molecule has 0 fully saturated rings. The van der Waals surface area contributed by atoms with Gasteiger partial charge < -0.3 is 15.4 Å². The Hall–Kier alpha value is -1.68. The van der Waals surface area contributed by atoms with E-state index >= 15 is 0 Å². The minimum atomic E-state index is -3.25. The molecule has 0 aliphatic rings. The summed E-state index contributed by atoms with van der Waals surface area (Å²) in [6, 6.07) is 0. The van der Waals surface area contributed by atoms with E-state index in [2.05, 4.69) is 15.0 Å². The van der Waals surface area contributed by atoms with Gasteiger partial charge in [-0.25, -0.2) is 13.1 Å². The van der Waals surface area contributed by atoms with Crippen LogP contribution in [0.2, 0.25) is 0 Å². The van der Waals surface area contributed by atoms with Gasteiger partial charge in [0.2, 0.25) is 22.2 Å². The van der Waals surface area contributed by atoms with Gasteiger partial charge in [-0.1, -0.05) is 0 Å². The molecule has 0 saturated carbocycles. The lowest BCUT2D eigenvalue weighted by Gasteiger charge is -2.06. The Morgan fingerprint density at radius 3 is 2.71 bits per heavy atom. The topological polar surface area (TPSA) is 119 Å². The Morgan fingerprint density at radius 2 is 2.18 bits per heavy atom. The van der Waals surface area contributed by atoms with Crippen LogP contribution in [-0.4, -0.2) is 42.2 Å². The first-order chi connectivity index (χ1) is 7.81. The van der Waals surface area contributed by atoms with Crippen LogP contribution in [-0.2, 0) is 17.1 Å². The summed E-state index contributed by atoms with van der Waals surface area (Å²) in [7, 11) is -1.64. The highest BCUT2D eigenvalue weighted by atomic mass is 32.2. The highest BCUT2D eigenvalue weighted by Gasteiger charge is 2.19. The van der Waals surface area contributed by atoms with Gasteiger partial charge in [0.15, 0.2) is 0 Å². The Kier molecular flexibility index (Phi) is 4.02. The first-order valence-corrected chi connectivity index (χ1v) is 6.54. The van der Waals surface area contributed by atoms with Crippen LogP contribution in [0.1, 0.15) is 0 Å². The first-order valence-electron chi connectivity index (χ1n) is 4.65. The van der Waals surface area contributed by atoms with E-state index in [1.807, 2.05) is 0 Å². The molecular formula is C7H13N5O4S. The Morgan fingerprint density at radius 1 is 1.53 bits per heavy atom. The summed E-state index contributed by atoms with van der Waals surface area (Å²) in [5.74, 6) is -0.0443. The second-order valence-electron chi connectivity index (χ2n) is 3.38. The normalized spacial score (nSPS) is 11.4. The van der Waals surface area contributed by atoms with Crippen molar-refractivity contribution in [2.45, 2.75) is 0 Å². The number of hydrogen-bond acceptors (Lipinski definition) is 6. The van der Waals surface area contributed by atoms with Crippen molar-refractivity contribution < 1.29 is 13.3 Å². The van der Waals surface area contributed by atoms with E-state index in [-0.39, 0.29) is 24.7 Å². The largest absolute Gasteiger partial charge is 0.406 e. The third kappa shape index (κ3) is 4.00. The zero-order valence-corrected chi connectivity index (χ0v) is 10.2. The van der Waals surface area contributed by atoms with Crippen LogP contribution in [0.4, 0.5) is 11.6 Å². The Balaban J connectivity index is 2.57. The van der Waals surface area contributed by atoms with Crippen molar-refractivity contribution >= 4 is 21.7 Å². The fourth-order valence-electron chi connectivity index (χ4n) is 1.17. The molecular weight excluding hydrogens is 250 g/mol. The molecule has 1 heterocycles. The van der Waals surface area contributed by atoms with E-state index in [0.717, 1.165) is 6.26 Å². The third-order valence-corrected chi connectivity index (χ3v) is 2.60. The van der Waals surface area contributed by atoms with Crippen molar-refractivity contribution in [3.63, 3.8) is 0 Å². The predicted octanol–water partition coefficient (Wildman–Crippen LogP) is -0.711. The van der Waals surface area contributed by atoms with Gasteiger partial charge in [0.1, 0.15) is 0 Å². The zero-order valence-electron chi connectivity index (χ0n) is 9.37. The molecule has 0 unspecified atom stereocenters. The van der Waals surface area contributed by atoms with Crippen molar-refractivity contribution in [3.8, 4) is 0 Å². The Bertz CT molecular complexity index is 508. The van der Waals surface area contributed by atoms with Crippen LogP contribution in [0.3, 0.4) is 0 Å². The summed E-state index contributed by atoms with van der Waals surface area (Å²) in [6.45, 7) is 0.370. The summed E-state index contributed by atoms with van der Waals surface area (Å²) in [5, 5.41) is 13.4. The van der Waals surface area contributed by atoms with Crippen molar-refractivity contribution in [1.82, 2.24) is 14.3 Å². The summed E-state index contributed by atoms with van der Waals surface area (Å²) < 4.78 is 25.3. The fourth-order valence-corrected chi connectivity index (χ4v) is 1.65. The number of sulfonamides is 1. The molecule has 10 heteroatoms. The number of aryl methyl sites for hydroxylation is 1. The second kappa shape index (κ2) is 5.10. The van der Waals surface area contributed by atoms with Crippen LogP contribution in [0.5, 0.6) is 0 Å². The highest BCUT2D eigenvalue weighted by molar-refractivity contribution is 7.88. The molecule has 1 aromatic rings. The lowest BCUT2D eigenvalue weighted by Crippen LogP contribution is -2.28. The molecule has 1 aromatic heterocycles. The standard InChI is InChI=1S/C7H13N5O4S/c1-11-5-9-7(12(13)14)6(11)8-3-4-10-17(2,15)16/h5,8,10H,3-4H2,1-2H3. The van der Waals surface area contributed by atoms with E-state index in [1.165, 1.54) is 10.9 Å². The van der Waals surface area contributed by atoms with Gasteiger partial charge in [0.05, 0.1) is 6.26 Å². The molecule has 0 saturated heterocycles. The molecule has 0 amide bonds. The molecule has 0 aromatic carbocycles. The molecule has 96 valence electrons. The maximum absolute atomic E-state index is 10.8. The minimum absolute atomic E-state index is 0.140. The van der Waals surface area contributed by atoms with Gasteiger partial charge in [-0.15, -0.1) is 0 Å². The van der Waals surface area contributed by atoms with Crippen LogP contribution in [0.25, 0.3) is 0 Å². The van der Waals surface area contributed by atoms with E-state index < -0.39 is 14.9 Å². The molecule has 0 bridgehead atoms. The monoisotopic (exact) mass is 263 g/mol. The van der Waals surface area contributed by atoms with Crippen molar-refractivity contribution in [2.24, 2.45) is 7.05 Å². The van der Waals surface area contributed by atoms with E-state index in [0.29, 0.717) is 0 Å². The average molecular weight is 263 g/mol. The van der Waals surface area contributed by atoms with Gasteiger partial charge in [0, 0.05) is 20.1 Å². The maximum atomic E-state index is 10.8. The summed E-state index contributed by atoms with van der Waals surface area (Å²) in [4.78, 5) is 13.6. The van der Waals surface area contributed by atoms with Crippen molar-refractivity contribution in [1.29, 1.82) is 0 Å². The van der Waals surface area contributed by atoms with Gasteiger partial charge in [0.25, 0.3) is 0 Å². The second-order valence-corrected chi connectivity index (χ2v) is 5.21. The third-order valence-electron chi connectivity index (χ3n) is 1.87. The van der Waals surface area contributed by atoms with Crippen molar-refractivity contribution in [3.05, 3.63) is 16.4 Å². The quantitative estimate of drug-likeness (QED) is 0.397. The number of rotatable bonds is 6. The molecule has 0 spiro atoms. The number of imidazole rings is 1. The molecule has 1 rings (SSSR count). The fraction of sp³-hybridized carbons (Fsp3) is 0.571. The van der Waals surface area contributed by atoms with Crippen LogP contribution in [0.15, 0.2) is 6.33 Å². The lowest BCUT2D eigenvalue weighted by atomic mass is 10.5. The number of nitro groups is 1. The lowest BCUT2D eigenvalue weighted by molar-refractivity contribution is -0.388. The predicted molar refractivity (Wildman–Crippen MR) is 61.2 cm³/mol. The van der Waals surface area contributed by atoms with E-state index in [4.69, 9.17) is 0 Å². The summed E-state index contributed by atoms with van der Waals surface area (Å²) >= 11 is 0. The molecule has 17 heavy (non-hydrogen) atoms. The number of aromatic nitrogens is 2. The van der Waals surface area contributed by atoms with E-state index in [9.17, 15) is 18.5 Å². The van der Waals surface area contributed by atoms with E-state index in [1.54, 1.807) is 7.05 Å². The van der Waals surface area contributed by atoms with Crippen LogP contribution < -0.4 is 10.0 Å². The summed E-state index contributed by atoms with van der Waals surface area (Å²) in [6.07, 6.45) is 2.35. The maximum Gasteiger partial charge on any atom is 0.406 e. The van der Waals surface area contributed by atoms with Crippen LogP contribution >= 0.6 is 0 Å².